The van der Waals surface area contributed by atoms with Crippen molar-refractivity contribution in [1.29, 1.82) is 0 Å². The summed E-state index contributed by atoms with van der Waals surface area (Å²) in [4.78, 5) is 9.57. The topological polar surface area (TPSA) is 48.0 Å². The molecule has 2 aromatic carbocycles. The number of aryl methyl sites for hydroxylation is 1. The molecular formula is C18H13N5. The summed E-state index contributed by atoms with van der Waals surface area (Å²) < 4.78 is 3.95. The molecule has 0 N–H and O–H groups in total. The maximum Gasteiger partial charge on any atom is 0.168 e. The summed E-state index contributed by atoms with van der Waals surface area (Å²) in [5.41, 5.74) is 4.77. The summed E-state index contributed by atoms with van der Waals surface area (Å²) in [7, 11) is 0. The largest absolute Gasteiger partial charge is 0.280 e. The molecular weight excluding hydrogens is 286 g/mol. The normalized spacial score (nSPS) is 11.7. The lowest BCUT2D eigenvalue weighted by Gasteiger charge is -2.05. The number of hydrogen-bond acceptors (Lipinski definition) is 3. The molecule has 5 aromatic rings. The zero-order valence-electron chi connectivity index (χ0n) is 12.5. The first-order valence-electron chi connectivity index (χ1n) is 7.50. The SMILES string of the molecule is Cc1nc2c(cnn2-c2ccccc2)c2nc3ccccc3n12. The Balaban J connectivity index is 1.94. The van der Waals surface area contributed by atoms with Gasteiger partial charge in [0.05, 0.1) is 28.3 Å². The lowest BCUT2D eigenvalue weighted by molar-refractivity contribution is 0.887. The number of hydrogen-bond donors (Lipinski definition) is 0. The predicted octanol–water partition coefficient (Wildman–Crippen LogP) is 3.53. The Morgan fingerprint density at radius 3 is 2.48 bits per heavy atom. The molecule has 0 aliphatic rings. The van der Waals surface area contributed by atoms with Crippen LogP contribution in [0.15, 0.2) is 60.8 Å². The van der Waals surface area contributed by atoms with E-state index in [1.165, 1.54) is 0 Å². The number of benzene rings is 2. The summed E-state index contributed by atoms with van der Waals surface area (Å²) in [6.45, 7) is 2.00. The van der Waals surface area contributed by atoms with E-state index in [0.717, 1.165) is 39.2 Å². The Morgan fingerprint density at radius 1 is 0.826 bits per heavy atom. The van der Waals surface area contributed by atoms with Crippen LogP contribution in [-0.2, 0) is 0 Å². The van der Waals surface area contributed by atoms with E-state index in [1.54, 1.807) is 0 Å². The van der Waals surface area contributed by atoms with Crippen molar-refractivity contribution in [2.24, 2.45) is 0 Å². The fourth-order valence-electron chi connectivity index (χ4n) is 3.10. The van der Waals surface area contributed by atoms with Gasteiger partial charge in [-0.15, -0.1) is 0 Å². The molecule has 3 aromatic heterocycles. The minimum atomic E-state index is 0.830. The second kappa shape index (κ2) is 4.39. The summed E-state index contributed by atoms with van der Waals surface area (Å²) in [5.74, 6) is 0.902. The molecule has 0 atom stereocenters. The smallest absolute Gasteiger partial charge is 0.168 e. The molecule has 3 heterocycles. The van der Waals surface area contributed by atoms with Gasteiger partial charge in [-0.2, -0.15) is 5.10 Å². The van der Waals surface area contributed by atoms with Crippen molar-refractivity contribution in [3.05, 3.63) is 66.6 Å². The van der Waals surface area contributed by atoms with Crippen LogP contribution in [0.4, 0.5) is 0 Å². The van der Waals surface area contributed by atoms with E-state index < -0.39 is 0 Å². The van der Waals surface area contributed by atoms with E-state index in [4.69, 9.17) is 9.97 Å². The highest BCUT2D eigenvalue weighted by Gasteiger charge is 2.15. The van der Waals surface area contributed by atoms with Crippen LogP contribution in [0.1, 0.15) is 5.82 Å². The van der Waals surface area contributed by atoms with Crippen LogP contribution in [0.5, 0.6) is 0 Å². The van der Waals surface area contributed by atoms with Gasteiger partial charge in [0.25, 0.3) is 0 Å². The van der Waals surface area contributed by atoms with Gasteiger partial charge < -0.3 is 0 Å². The minimum absolute atomic E-state index is 0.830. The van der Waals surface area contributed by atoms with Crippen LogP contribution in [-0.4, -0.2) is 24.1 Å². The predicted molar refractivity (Wildman–Crippen MR) is 89.9 cm³/mol. The third-order valence-electron chi connectivity index (χ3n) is 4.14. The van der Waals surface area contributed by atoms with Crippen molar-refractivity contribution in [3.63, 3.8) is 0 Å². The third kappa shape index (κ3) is 1.64. The first-order valence-corrected chi connectivity index (χ1v) is 7.50. The Morgan fingerprint density at radius 2 is 1.61 bits per heavy atom. The lowest BCUT2D eigenvalue weighted by Crippen LogP contribution is -2.01. The summed E-state index contributed by atoms with van der Waals surface area (Å²) >= 11 is 0. The molecule has 5 nitrogen and oxygen atoms in total. The number of fused-ring (bicyclic) bond motifs is 5. The number of aromatic nitrogens is 5. The molecule has 0 bridgehead atoms. The zero-order chi connectivity index (χ0) is 15.4. The van der Waals surface area contributed by atoms with Crippen LogP contribution in [0.2, 0.25) is 0 Å². The summed E-state index contributed by atoms with van der Waals surface area (Å²) in [6, 6.07) is 18.2. The van der Waals surface area contributed by atoms with Gasteiger partial charge in [0.1, 0.15) is 5.82 Å². The Bertz CT molecular complexity index is 1170. The van der Waals surface area contributed by atoms with Gasteiger partial charge in [-0.05, 0) is 31.2 Å². The number of para-hydroxylation sites is 3. The maximum absolute atomic E-state index is 4.79. The Kier molecular flexibility index (Phi) is 2.36. The summed E-state index contributed by atoms with van der Waals surface area (Å²) in [6.07, 6.45) is 1.84. The molecule has 0 aliphatic carbocycles. The van der Waals surface area contributed by atoms with Gasteiger partial charge in [-0.3, -0.25) is 4.40 Å². The quantitative estimate of drug-likeness (QED) is 0.476. The van der Waals surface area contributed by atoms with Gasteiger partial charge in [0.2, 0.25) is 0 Å². The number of nitrogens with zero attached hydrogens (tertiary/aromatic N) is 5. The van der Waals surface area contributed by atoms with Crippen molar-refractivity contribution < 1.29 is 0 Å². The van der Waals surface area contributed by atoms with E-state index in [9.17, 15) is 0 Å². The Labute approximate surface area is 131 Å². The standard InChI is InChI=1S/C18H13N5/c1-12-20-18-14(11-19-23(18)13-7-3-2-4-8-13)17-21-15-9-5-6-10-16(15)22(12)17/h2-11H,1H3. The van der Waals surface area contributed by atoms with Crippen molar-refractivity contribution in [1.82, 2.24) is 24.1 Å². The fourth-order valence-corrected chi connectivity index (χ4v) is 3.10. The minimum Gasteiger partial charge on any atom is -0.280 e. The fraction of sp³-hybridized carbons (Fsp3) is 0.0556. The second-order valence-electron chi connectivity index (χ2n) is 5.55. The first kappa shape index (κ1) is 12.3. The van der Waals surface area contributed by atoms with Crippen LogP contribution in [0.25, 0.3) is 33.4 Å². The van der Waals surface area contributed by atoms with Crippen LogP contribution in [0, 0.1) is 6.92 Å². The average Bonchev–Trinajstić information content (AvgIpc) is 3.17. The molecule has 0 radical (unpaired) electrons. The van der Waals surface area contributed by atoms with Gasteiger partial charge in [0, 0.05) is 0 Å². The number of imidazole rings is 1. The van der Waals surface area contributed by atoms with E-state index in [2.05, 4.69) is 15.6 Å². The molecule has 5 rings (SSSR count). The van der Waals surface area contributed by atoms with Gasteiger partial charge in [-0.1, -0.05) is 30.3 Å². The highest BCUT2D eigenvalue weighted by atomic mass is 15.3. The van der Waals surface area contributed by atoms with Crippen molar-refractivity contribution in [2.45, 2.75) is 6.92 Å². The Hall–Kier alpha value is -3.21. The average molecular weight is 299 g/mol. The highest BCUT2D eigenvalue weighted by molar-refractivity contribution is 5.95. The van der Waals surface area contributed by atoms with Crippen molar-refractivity contribution in [2.75, 3.05) is 0 Å². The second-order valence-corrected chi connectivity index (χ2v) is 5.55. The molecule has 0 spiro atoms. The van der Waals surface area contributed by atoms with Gasteiger partial charge in [0.15, 0.2) is 11.3 Å². The molecule has 110 valence electrons. The van der Waals surface area contributed by atoms with E-state index in [-0.39, 0.29) is 0 Å². The maximum atomic E-state index is 4.79. The summed E-state index contributed by atoms with van der Waals surface area (Å²) in [5, 5.41) is 5.48. The molecule has 0 fully saturated rings. The molecule has 0 amide bonds. The third-order valence-corrected chi connectivity index (χ3v) is 4.14. The molecule has 5 heteroatoms. The van der Waals surface area contributed by atoms with Crippen LogP contribution in [0.3, 0.4) is 0 Å². The number of rotatable bonds is 1. The lowest BCUT2D eigenvalue weighted by atomic mass is 10.3. The molecule has 0 unspecified atom stereocenters. The monoisotopic (exact) mass is 299 g/mol. The van der Waals surface area contributed by atoms with E-state index in [1.807, 2.05) is 66.3 Å². The van der Waals surface area contributed by atoms with E-state index >= 15 is 0 Å². The van der Waals surface area contributed by atoms with Crippen LogP contribution < -0.4 is 0 Å². The van der Waals surface area contributed by atoms with E-state index in [0.29, 0.717) is 0 Å². The molecule has 23 heavy (non-hydrogen) atoms. The molecule has 0 aliphatic heterocycles. The van der Waals surface area contributed by atoms with Crippen molar-refractivity contribution in [3.8, 4) is 5.69 Å². The first-order chi connectivity index (χ1) is 11.3. The molecule has 0 saturated heterocycles. The van der Waals surface area contributed by atoms with Gasteiger partial charge in [-0.25, -0.2) is 14.6 Å². The van der Waals surface area contributed by atoms with Crippen LogP contribution >= 0.6 is 0 Å². The van der Waals surface area contributed by atoms with Crippen molar-refractivity contribution >= 4 is 27.7 Å². The zero-order valence-corrected chi connectivity index (χ0v) is 12.5. The molecule has 0 saturated carbocycles. The van der Waals surface area contributed by atoms with Gasteiger partial charge >= 0.3 is 0 Å². The highest BCUT2D eigenvalue weighted by Crippen LogP contribution is 2.25.